The minimum atomic E-state index is -4.72. The van der Waals surface area contributed by atoms with Crippen LogP contribution in [0.5, 0.6) is 0 Å². The molecular formula is C30H19F3N4O4. The van der Waals surface area contributed by atoms with E-state index in [9.17, 15) is 32.9 Å². The van der Waals surface area contributed by atoms with E-state index in [1.54, 1.807) is 36.4 Å². The number of hydrogen-bond donors (Lipinski definition) is 1. The number of aromatic nitrogens is 1. The first-order valence-corrected chi connectivity index (χ1v) is 12.1. The lowest BCUT2D eigenvalue weighted by Crippen LogP contribution is -2.31. The summed E-state index contributed by atoms with van der Waals surface area (Å²) in [5.41, 5.74) is 4.62. The molecule has 1 heterocycles. The summed E-state index contributed by atoms with van der Waals surface area (Å²) in [5, 5.41) is 11.7. The van der Waals surface area contributed by atoms with Crippen LogP contribution >= 0.6 is 0 Å². The molecule has 5 rings (SSSR count). The van der Waals surface area contributed by atoms with Crippen molar-refractivity contribution in [3.8, 4) is 11.1 Å². The second kappa shape index (κ2) is 10.5. The Kier molecular flexibility index (Phi) is 6.94. The van der Waals surface area contributed by atoms with E-state index in [4.69, 9.17) is 5.73 Å². The molecule has 2 N–H and O–H groups in total. The third kappa shape index (κ3) is 5.08. The van der Waals surface area contributed by atoms with E-state index in [1.807, 2.05) is 0 Å². The third-order valence-corrected chi connectivity index (χ3v) is 6.42. The Morgan fingerprint density at radius 2 is 1.56 bits per heavy atom. The minimum absolute atomic E-state index is 0.0245. The van der Waals surface area contributed by atoms with Crippen LogP contribution in [-0.4, -0.2) is 21.7 Å². The molecule has 1 aromatic heterocycles. The normalized spacial score (nSPS) is 11.3. The van der Waals surface area contributed by atoms with Crippen LogP contribution in [0.4, 0.5) is 35.0 Å². The number of para-hydroxylation sites is 3. The Labute approximate surface area is 230 Å². The van der Waals surface area contributed by atoms with Gasteiger partial charge in [-0.15, -0.1) is 0 Å². The van der Waals surface area contributed by atoms with Crippen molar-refractivity contribution in [2.24, 2.45) is 5.73 Å². The SMILES string of the molecule is NC(=O)N(c1cccc(-c2c(C(=O)c3ccccc3)cnc3c(C(F)(F)F)cccc23)c1)c1ccccc1[N+](=O)[O-]. The average molecular weight is 557 g/mol. The van der Waals surface area contributed by atoms with E-state index >= 15 is 0 Å². The molecule has 2 amide bonds. The van der Waals surface area contributed by atoms with E-state index < -0.39 is 28.5 Å². The number of amides is 2. The van der Waals surface area contributed by atoms with Crippen LogP contribution in [0.2, 0.25) is 0 Å². The van der Waals surface area contributed by atoms with E-state index in [1.165, 1.54) is 54.6 Å². The van der Waals surface area contributed by atoms with E-state index in [-0.39, 0.29) is 50.2 Å². The Balaban J connectivity index is 1.79. The maximum Gasteiger partial charge on any atom is 0.418 e. The molecule has 4 aromatic carbocycles. The lowest BCUT2D eigenvalue weighted by molar-refractivity contribution is -0.384. The van der Waals surface area contributed by atoms with Crippen LogP contribution < -0.4 is 10.6 Å². The van der Waals surface area contributed by atoms with Crippen molar-refractivity contribution >= 4 is 39.8 Å². The molecule has 0 aliphatic heterocycles. The van der Waals surface area contributed by atoms with Gasteiger partial charge in [0.1, 0.15) is 5.69 Å². The zero-order valence-electron chi connectivity index (χ0n) is 21.0. The van der Waals surface area contributed by atoms with Crippen LogP contribution in [-0.2, 0) is 6.18 Å². The number of anilines is 2. The zero-order chi connectivity index (χ0) is 29.3. The molecule has 11 heteroatoms. The first kappa shape index (κ1) is 27.0. The molecule has 0 fully saturated rings. The van der Waals surface area contributed by atoms with E-state index in [2.05, 4.69) is 4.98 Å². The van der Waals surface area contributed by atoms with Crippen molar-refractivity contribution in [2.75, 3.05) is 4.90 Å². The number of nitro benzene ring substituents is 1. The topological polar surface area (TPSA) is 119 Å². The number of nitrogens with zero attached hydrogens (tertiary/aromatic N) is 3. The molecule has 0 aliphatic rings. The molecule has 5 aromatic rings. The number of nitro groups is 1. The molecular weight excluding hydrogens is 537 g/mol. The van der Waals surface area contributed by atoms with Gasteiger partial charge in [-0.3, -0.25) is 24.8 Å². The summed E-state index contributed by atoms with van der Waals surface area (Å²) in [5.74, 6) is -0.483. The zero-order valence-corrected chi connectivity index (χ0v) is 21.0. The van der Waals surface area contributed by atoms with Crippen LogP contribution in [0, 0.1) is 10.1 Å². The number of carbonyl (C=O) groups is 2. The van der Waals surface area contributed by atoms with Crippen molar-refractivity contribution in [1.29, 1.82) is 0 Å². The summed E-state index contributed by atoms with van der Waals surface area (Å²) < 4.78 is 41.7. The lowest BCUT2D eigenvalue weighted by atomic mass is 9.91. The van der Waals surface area contributed by atoms with Crippen molar-refractivity contribution in [3.63, 3.8) is 0 Å². The summed E-state index contributed by atoms with van der Waals surface area (Å²) in [7, 11) is 0. The minimum Gasteiger partial charge on any atom is -0.351 e. The number of halogens is 3. The van der Waals surface area contributed by atoms with E-state index in [0.717, 1.165) is 17.2 Å². The number of carbonyl (C=O) groups excluding carboxylic acids is 2. The highest BCUT2D eigenvalue weighted by atomic mass is 19.4. The molecule has 204 valence electrons. The predicted octanol–water partition coefficient (Wildman–Crippen LogP) is 7.28. The Morgan fingerprint density at radius 1 is 0.878 bits per heavy atom. The molecule has 0 unspecified atom stereocenters. The van der Waals surface area contributed by atoms with Gasteiger partial charge < -0.3 is 5.73 Å². The number of urea groups is 1. The predicted molar refractivity (Wildman–Crippen MR) is 147 cm³/mol. The van der Waals surface area contributed by atoms with Crippen LogP contribution in [0.25, 0.3) is 22.0 Å². The van der Waals surface area contributed by atoms with Crippen molar-refractivity contribution in [3.05, 3.63) is 130 Å². The van der Waals surface area contributed by atoms with Gasteiger partial charge in [0.15, 0.2) is 5.78 Å². The van der Waals surface area contributed by atoms with Gasteiger partial charge in [-0.05, 0) is 29.8 Å². The Hall–Kier alpha value is -5.58. The van der Waals surface area contributed by atoms with Gasteiger partial charge in [0.2, 0.25) is 0 Å². The Bertz CT molecular complexity index is 1820. The van der Waals surface area contributed by atoms with Crippen LogP contribution in [0.3, 0.4) is 0 Å². The first-order valence-electron chi connectivity index (χ1n) is 12.1. The highest BCUT2D eigenvalue weighted by Gasteiger charge is 2.34. The number of primary amides is 1. The van der Waals surface area contributed by atoms with Gasteiger partial charge in [-0.2, -0.15) is 13.2 Å². The largest absolute Gasteiger partial charge is 0.418 e. The highest BCUT2D eigenvalue weighted by molar-refractivity contribution is 6.17. The summed E-state index contributed by atoms with van der Waals surface area (Å²) in [6.45, 7) is 0. The van der Waals surface area contributed by atoms with Gasteiger partial charge in [0.05, 0.1) is 21.7 Å². The number of pyridine rings is 1. The third-order valence-electron chi connectivity index (χ3n) is 6.42. The lowest BCUT2D eigenvalue weighted by Gasteiger charge is -2.22. The number of benzene rings is 4. The smallest absolute Gasteiger partial charge is 0.351 e. The fraction of sp³-hybridized carbons (Fsp3) is 0.0333. The number of hydrogen-bond acceptors (Lipinski definition) is 5. The highest BCUT2D eigenvalue weighted by Crippen LogP contribution is 2.41. The molecule has 0 spiro atoms. The Morgan fingerprint density at radius 3 is 2.24 bits per heavy atom. The number of nitrogens with two attached hydrogens (primary N) is 1. The molecule has 0 atom stereocenters. The van der Waals surface area contributed by atoms with Crippen LogP contribution in [0.15, 0.2) is 103 Å². The summed E-state index contributed by atoms with van der Waals surface area (Å²) >= 11 is 0. The quantitative estimate of drug-likeness (QED) is 0.134. The first-order chi connectivity index (χ1) is 19.6. The molecule has 0 saturated carbocycles. The summed E-state index contributed by atoms with van der Waals surface area (Å²) in [4.78, 5) is 42.2. The van der Waals surface area contributed by atoms with Crippen molar-refractivity contribution in [1.82, 2.24) is 4.98 Å². The van der Waals surface area contributed by atoms with Gasteiger partial charge in [-0.1, -0.05) is 66.7 Å². The van der Waals surface area contributed by atoms with Crippen LogP contribution in [0.1, 0.15) is 21.5 Å². The number of ketones is 1. The van der Waals surface area contributed by atoms with Gasteiger partial charge in [-0.25, -0.2) is 4.79 Å². The monoisotopic (exact) mass is 556 g/mol. The standard InChI is InChI=1S/C30H19F3N4O4/c31-30(32,33)23-13-7-12-21-26(22(17-35-27(21)23)28(38)18-8-2-1-3-9-18)19-10-6-11-20(16-19)36(29(34)39)24-14-4-5-15-25(24)37(40)41/h1-17H,(H2,34,39). The molecule has 8 nitrogen and oxygen atoms in total. The maximum absolute atomic E-state index is 13.9. The van der Waals surface area contributed by atoms with Gasteiger partial charge in [0, 0.05) is 34.3 Å². The number of alkyl halides is 3. The summed E-state index contributed by atoms with van der Waals surface area (Å²) in [6.07, 6.45) is -3.62. The van der Waals surface area contributed by atoms with Crippen molar-refractivity contribution < 1.29 is 27.7 Å². The molecule has 0 radical (unpaired) electrons. The second-order valence-corrected chi connectivity index (χ2v) is 8.91. The van der Waals surface area contributed by atoms with Crippen molar-refractivity contribution in [2.45, 2.75) is 6.18 Å². The fourth-order valence-electron chi connectivity index (χ4n) is 4.67. The molecule has 0 saturated heterocycles. The second-order valence-electron chi connectivity index (χ2n) is 8.91. The summed E-state index contributed by atoms with van der Waals surface area (Å²) in [6, 6.07) is 22.1. The van der Waals surface area contributed by atoms with Gasteiger partial charge >= 0.3 is 12.2 Å². The van der Waals surface area contributed by atoms with Gasteiger partial charge in [0.25, 0.3) is 5.69 Å². The average Bonchev–Trinajstić information content (AvgIpc) is 2.96. The molecule has 41 heavy (non-hydrogen) atoms. The number of fused-ring (bicyclic) bond motifs is 1. The number of rotatable bonds is 6. The fourth-order valence-corrected chi connectivity index (χ4v) is 4.67. The maximum atomic E-state index is 13.9. The molecule has 0 aliphatic carbocycles. The molecule has 0 bridgehead atoms. The van der Waals surface area contributed by atoms with E-state index in [0.29, 0.717) is 0 Å².